The Morgan fingerprint density at radius 1 is 1.32 bits per heavy atom. The zero-order valence-corrected chi connectivity index (χ0v) is 11.8. The highest BCUT2D eigenvalue weighted by atomic mass is 19.1. The number of hydrogen-bond acceptors (Lipinski definition) is 3. The van der Waals surface area contributed by atoms with Crippen molar-refractivity contribution in [3.63, 3.8) is 0 Å². The van der Waals surface area contributed by atoms with E-state index in [1.165, 1.54) is 7.05 Å². The molecular formula is C14H14F2N2O4. The molecule has 1 fully saturated rings. The first-order chi connectivity index (χ1) is 10.3. The van der Waals surface area contributed by atoms with Crippen LogP contribution in [0.25, 0.3) is 0 Å². The number of halogens is 2. The second-order valence-electron chi connectivity index (χ2n) is 5.05. The summed E-state index contributed by atoms with van der Waals surface area (Å²) < 4.78 is 26.4. The third-order valence-electron chi connectivity index (χ3n) is 3.41. The van der Waals surface area contributed by atoms with Crippen LogP contribution in [0.3, 0.4) is 0 Å². The van der Waals surface area contributed by atoms with E-state index in [4.69, 9.17) is 5.11 Å². The first-order valence-corrected chi connectivity index (χ1v) is 6.54. The molecule has 2 amide bonds. The van der Waals surface area contributed by atoms with Crippen molar-refractivity contribution in [1.29, 1.82) is 0 Å². The zero-order chi connectivity index (χ0) is 16.4. The average Bonchev–Trinajstić information content (AvgIpc) is 2.77. The summed E-state index contributed by atoms with van der Waals surface area (Å²) in [6, 6.07) is 2.71. The molecule has 6 nitrogen and oxygen atoms in total. The summed E-state index contributed by atoms with van der Waals surface area (Å²) in [4.78, 5) is 37.0. The van der Waals surface area contributed by atoms with Gasteiger partial charge in [0.1, 0.15) is 24.1 Å². The fourth-order valence-electron chi connectivity index (χ4n) is 2.41. The molecule has 0 radical (unpaired) electrons. The monoisotopic (exact) mass is 312 g/mol. The fourth-order valence-corrected chi connectivity index (χ4v) is 2.41. The van der Waals surface area contributed by atoms with Gasteiger partial charge in [0.05, 0.1) is 0 Å². The second kappa shape index (κ2) is 6.08. The highest BCUT2D eigenvalue weighted by Gasteiger charge is 2.39. The lowest BCUT2D eigenvalue weighted by atomic mass is 10.1. The number of aliphatic carboxylic acids is 1. The predicted octanol–water partition coefficient (Wildman–Crippen LogP) is 0.861. The highest BCUT2D eigenvalue weighted by Crippen LogP contribution is 2.27. The van der Waals surface area contributed by atoms with E-state index in [1.54, 1.807) is 0 Å². The number of carbonyl (C=O) groups is 3. The predicted molar refractivity (Wildman–Crippen MR) is 72.1 cm³/mol. The minimum Gasteiger partial charge on any atom is -0.480 e. The van der Waals surface area contributed by atoms with E-state index < -0.39 is 41.9 Å². The van der Waals surface area contributed by atoms with Crippen LogP contribution in [-0.4, -0.2) is 47.9 Å². The third-order valence-corrected chi connectivity index (χ3v) is 3.41. The normalized spacial score (nSPS) is 17.7. The average molecular weight is 312 g/mol. The first kappa shape index (κ1) is 15.9. The lowest BCUT2D eigenvalue weighted by Crippen LogP contribution is -2.40. The van der Waals surface area contributed by atoms with Crippen LogP contribution < -0.4 is 4.90 Å². The van der Waals surface area contributed by atoms with E-state index in [0.29, 0.717) is 6.07 Å². The molecule has 0 unspecified atom stereocenters. The smallest absolute Gasteiger partial charge is 0.323 e. The van der Waals surface area contributed by atoms with Gasteiger partial charge in [-0.05, 0) is 18.6 Å². The van der Waals surface area contributed by atoms with Crippen molar-refractivity contribution in [2.24, 2.45) is 5.92 Å². The number of hydrogen-bond donors (Lipinski definition) is 1. The van der Waals surface area contributed by atoms with Crippen LogP contribution in [-0.2, 0) is 14.4 Å². The highest BCUT2D eigenvalue weighted by molar-refractivity contribution is 6.09. The Morgan fingerprint density at radius 3 is 2.45 bits per heavy atom. The zero-order valence-electron chi connectivity index (χ0n) is 11.8. The number of rotatable bonds is 4. The van der Waals surface area contributed by atoms with Crippen molar-refractivity contribution < 1.29 is 28.3 Å². The van der Waals surface area contributed by atoms with Gasteiger partial charge in [-0.2, -0.15) is 0 Å². The van der Waals surface area contributed by atoms with Crippen molar-refractivity contribution in [3.05, 3.63) is 29.8 Å². The molecule has 1 saturated heterocycles. The molecule has 1 aromatic rings. The Labute approximate surface area is 124 Å². The van der Waals surface area contributed by atoms with Gasteiger partial charge in [0, 0.05) is 25.3 Å². The van der Waals surface area contributed by atoms with Gasteiger partial charge in [-0.25, -0.2) is 8.78 Å². The summed E-state index contributed by atoms with van der Waals surface area (Å²) in [7, 11) is 1.29. The number of nitrogens with zero attached hydrogens (tertiary/aromatic N) is 2. The van der Waals surface area contributed by atoms with Gasteiger partial charge >= 0.3 is 5.97 Å². The van der Waals surface area contributed by atoms with Crippen molar-refractivity contribution in [2.75, 3.05) is 25.0 Å². The molecule has 1 aromatic carbocycles. The van der Waals surface area contributed by atoms with Crippen molar-refractivity contribution in [3.8, 4) is 0 Å². The van der Waals surface area contributed by atoms with Crippen LogP contribution in [0.15, 0.2) is 18.2 Å². The largest absolute Gasteiger partial charge is 0.480 e. The van der Waals surface area contributed by atoms with Gasteiger partial charge in [-0.3, -0.25) is 14.4 Å². The molecule has 1 aliphatic heterocycles. The van der Waals surface area contributed by atoms with E-state index in [0.717, 1.165) is 21.9 Å². The molecule has 1 aliphatic rings. The number of anilines is 1. The minimum absolute atomic E-state index is 0.0405. The van der Waals surface area contributed by atoms with E-state index in [1.807, 2.05) is 0 Å². The number of amides is 2. The Balaban J connectivity index is 2.15. The maximum absolute atomic E-state index is 13.2. The molecule has 0 spiro atoms. The van der Waals surface area contributed by atoms with Gasteiger partial charge in [-0.1, -0.05) is 0 Å². The lowest BCUT2D eigenvalue weighted by molar-refractivity contribution is -0.146. The van der Waals surface area contributed by atoms with Gasteiger partial charge in [0.2, 0.25) is 11.8 Å². The topological polar surface area (TPSA) is 77.9 Å². The summed E-state index contributed by atoms with van der Waals surface area (Å²) >= 11 is 0. The summed E-state index contributed by atoms with van der Waals surface area (Å²) in [6.07, 6.45) is 0.166. The quantitative estimate of drug-likeness (QED) is 0.837. The molecule has 0 aromatic heterocycles. The van der Waals surface area contributed by atoms with Crippen LogP contribution in [0.1, 0.15) is 6.42 Å². The van der Waals surface area contributed by atoms with Gasteiger partial charge in [0.25, 0.3) is 0 Å². The number of carboxylic acids is 1. The molecule has 0 bridgehead atoms. The van der Waals surface area contributed by atoms with Gasteiger partial charge in [0.15, 0.2) is 0 Å². The molecule has 0 aliphatic carbocycles. The SMILES string of the molecule is CN(CC(=O)O)C(=O)[C@@H]1CCN(c2cc(F)cc(F)c2)C1=O. The van der Waals surface area contributed by atoms with Gasteiger partial charge in [-0.15, -0.1) is 0 Å². The van der Waals surface area contributed by atoms with Crippen LogP contribution in [0, 0.1) is 17.6 Å². The Morgan fingerprint density at radius 2 is 1.91 bits per heavy atom. The third kappa shape index (κ3) is 3.21. The second-order valence-corrected chi connectivity index (χ2v) is 5.05. The van der Waals surface area contributed by atoms with Crippen molar-refractivity contribution >= 4 is 23.5 Å². The van der Waals surface area contributed by atoms with E-state index in [2.05, 4.69) is 0 Å². The molecule has 1 atom stereocenters. The van der Waals surface area contributed by atoms with E-state index in [-0.39, 0.29) is 18.7 Å². The molecule has 22 heavy (non-hydrogen) atoms. The lowest BCUT2D eigenvalue weighted by Gasteiger charge is -2.20. The Hall–Kier alpha value is -2.51. The molecular weight excluding hydrogens is 298 g/mol. The Kier molecular flexibility index (Phi) is 4.39. The number of likely N-dealkylation sites (N-methyl/N-ethyl adjacent to an activating group) is 1. The van der Waals surface area contributed by atoms with Crippen LogP contribution >= 0.6 is 0 Å². The van der Waals surface area contributed by atoms with Gasteiger partial charge < -0.3 is 14.9 Å². The summed E-state index contributed by atoms with van der Waals surface area (Å²) in [5.74, 6) is -5.07. The van der Waals surface area contributed by atoms with E-state index >= 15 is 0 Å². The molecule has 2 rings (SSSR count). The summed E-state index contributed by atoms with van der Waals surface area (Å²) in [5.41, 5.74) is 0.0405. The number of carbonyl (C=O) groups excluding carboxylic acids is 2. The van der Waals surface area contributed by atoms with Crippen LogP contribution in [0.2, 0.25) is 0 Å². The molecule has 118 valence electrons. The molecule has 1 N–H and O–H groups in total. The van der Waals surface area contributed by atoms with Crippen molar-refractivity contribution in [2.45, 2.75) is 6.42 Å². The summed E-state index contributed by atoms with van der Waals surface area (Å²) in [5, 5.41) is 8.66. The maximum atomic E-state index is 13.2. The maximum Gasteiger partial charge on any atom is 0.323 e. The van der Waals surface area contributed by atoms with E-state index in [9.17, 15) is 23.2 Å². The molecule has 8 heteroatoms. The first-order valence-electron chi connectivity index (χ1n) is 6.54. The fraction of sp³-hybridized carbons (Fsp3) is 0.357. The number of carboxylic acid groups (broad SMARTS) is 1. The Bertz CT molecular complexity index is 615. The molecule has 1 heterocycles. The van der Waals surface area contributed by atoms with Crippen LogP contribution in [0.5, 0.6) is 0 Å². The standard InChI is InChI=1S/C14H14F2N2O4/c1-17(7-12(19)20)13(21)11-2-3-18(14(11)22)10-5-8(15)4-9(16)6-10/h4-6,11H,2-3,7H2,1H3,(H,19,20)/t11-/m0/s1. The minimum atomic E-state index is -1.19. The number of benzene rings is 1. The van der Waals surface area contributed by atoms with Crippen LogP contribution in [0.4, 0.5) is 14.5 Å². The summed E-state index contributed by atoms with van der Waals surface area (Å²) in [6.45, 7) is -0.379. The molecule has 0 saturated carbocycles. The van der Waals surface area contributed by atoms with Crippen molar-refractivity contribution in [1.82, 2.24) is 4.90 Å².